The average molecular weight is 323 g/mol. The Balaban J connectivity index is 1.93. The zero-order valence-electron chi connectivity index (χ0n) is 13.9. The zero-order chi connectivity index (χ0) is 17.1. The summed E-state index contributed by atoms with van der Waals surface area (Å²) in [4.78, 5) is 17.8. The van der Waals surface area contributed by atoms with Crippen molar-refractivity contribution in [2.45, 2.75) is 26.9 Å². The van der Waals surface area contributed by atoms with Gasteiger partial charge in [-0.15, -0.1) is 0 Å². The Morgan fingerprint density at radius 3 is 2.62 bits per heavy atom. The summed E-state index contributed by atoms with van der Waals surface area (Å²) >= 11 is 0. The minimum atomic E-state index is -0.860. The van der Waals surface area contributed by atoms with Crippen LogP contribution in [-0.2, 0) is 17.9 Å². The summed E-state index contributed by atoms with van der Waals surface area (Å²) in [6.45, 7) is 5.61. The van der Waals surface area contributed by atoms with Crippen LogP contribution in [0.3, 0.4) is 0 Å². The number of aliphatic carboxylic acids is 1. The highest BCUT2D eigenvalue weighted by Crippen LogP contribution is 2.24. The van der Waals surface area contributed by atoms with E-state index in [4.69, 9.17) is 5.11 Å². The molecule has 0 amide bonds. The van der Waals surface area contributed by atoms with Crippen LogP contribution in [0.1, 0.15) is 18.3 Å². The van der Waals surface area contributed by atoms with Crippen molar-refractivity contribution in [3.63, 3.8) is 0 Å². The molecule has 2 aromatic carbocycles. The third-order valence-electron chi connectivity index (χ3n) is 4.18. The molecule has 1 heterocycles. The highest BCUT2D eigenvalue weighted by Gasteiger charge is 2.13. The molecule has 124 valence electrons. The van der Waals surface area contributed by atoms with E-state index in [1.807, 2.05) is 43.3 Å². The van der Waals surface area contributed by atoms with Gasteiger partial charge in [0.2, 0.25) is 0 Å². The van der Waals surface area contributed by atoms with Crippen LogP contribution in [0.15, 0.2) is 48.5 Å². The highest BCUT2D eigenvalue weighted by molar-refractivity contribution is 5.82. The number of benzene rings is 2. The lowest BCUT2D eigenvalue weighted by molar-refractivity contribution is -0.137. The summed E-state index contributed by atoms with van der Waals surface area (Å²) in [6, 6.07) is 16.4. The molecule has 0 aliphatic rings. The molecule has 0 saturated heterocycles. The lowest BCUT2D eigenvalue weighted by atomic mass is 10.2. The van der Waals surface area contributed by atoms with Gasteiger partial charge in [-0.25, -0.2) is 4.98 Å². The van der Waals surface area contributed by atoms with E-state index in [1.54, 1.807) is 4.57 Å². The van der Waals surface area contributed by atoms with Crippen LogP contribution >= 0.6 is 0 Å². The van der Waals surface area contributed by atoms with Gasteiger partial charge in [-0.05, 0) is 37.6 Å². The first-order chi connectivity index (χ1) is 11.6. The van der Waals surface area contributed by atoms with E-state index in [9.17, 15) is 4.79 Å². The maximum Gasteiger partial charge on any atom is 0.323 e. The second-order valence-electron chi connectivity index (χ2n) is 5.81. The van der Waals surface area contributed by atoms with Gasteiger partial charge in [0, 0.05) is 18.8 Å². The standard InChI is InChI=1S/C19H21N3O2/c1-3-21(12-15-7-5-4-6-8-15)16-9-10-18-17(11-16)20-14(2)22(18)13-19(23)24/h4-11H,3,12-13H2,1-2H3,(H,23,24). The number of carbonyl (C=O) groups is 1. The lowest BCUT2D eigenvalue weighted by Crippen LogP contribution is -2.21. The van der Waals surface area contributed by atoms with Crippen LogP contribution in [0.5, 0.6) is 0 Å². The Morgan fingerprint density at radius 2 is 1.96 bits per heavy atom. The van der Waals surface area contributed by atoms with E-state index in [0.717, 1.165) is 35.6 Å². The monoisotopic (exact) mass is 323 g/mol. The van der Waals surface area contributed by atoms with Crippen LogP contribution in [0.25, 0.3) is 11.0 Å². The molecular weight excluding hydrogens is 302 g/mol. The van der Waals surface area contributed by atoms with Crippen molar-refractivity contribution in [2.75, 3.05) is 11.4 Å². The Hall–Kier alpha value is -2.82. The lowest BCUT2D eigenvalue weighted by Gasteiger charge is -2.23. The third kappa shape index (κ3) is 3.25. The van der Waals surface area contributed by atoms with Crippen molar-refractivity contribution in [1.82, 2.24) is 9.55 Å². The van der Waals surface area contributed by atoms with Gasteiger partial charge in [-0.3, -0.25) is 4.79 Å². The number of aryl methyl sites for hydroxylation is 1. The van der Waals surface area contributed by atoms with Crippen LogP contribution < -0.4 is 4.90 Å². The number of rotatable bonds is 6. The Morgan fingerprint density at radius 1 is 1.21 bits per heavy atom. The minimum Gasteiger partial charge on any atom is -0.480 e. The molecule has 0 bridgehead atoms. The van der Waals surface area contributed by atoms with Crippen molar-refractivity contribution < 1.29 is 9.90 Å². The molecule has 0 fully saturated rings. The number of imidazole rings is 1. The molecule has 0 radical (unpaired) electrons. The largest absolute Gasteiger partial charge is 0.480 e. The smallest absolute Gasteiger partial charge is 0.323 e. The van der Waals surface area contributed by atoms with Crippen molar-refractivity contribution in [1.29, 1.82) is 0 Å². The van der Waals surface area contributed by atoms with Crippen molar-refractivity contribution in [3.8, 4) is 0 Å². The quantitative estimate of drug-likeness (QED) is 0.755. The molecule has 0 unspecified atom stereocenters. The van der Waals surface area contributed by atoms with Gasteiger partial charge in [0.25, 0.3) is 0 Å². The molecule has 0 atom stereocenters. The maximum atomic E-state index is 11.0. The minimum absolute atomic E-state index is 0.0663. The topological polar surface area (TPSA) is 58.4 Å². The fourth-order valence-corrected chi connectivity index (χ4v) is 2.96. The number of hydrogen-bond acceptors (Lipinski definition) is 3. The first kappa shape index (κ1) is 16.1. The van der Waals surface area contributed by atoms with Crippen LogP contribution in [0, 0.1) is 6.92 Å². The summed E-state index contributed by atoms with van der Waals surface area (Å²) in [5.41, 5.74) is 4.04. The average Bonchev–Trinajstić information content (AvgIpc) is 2.88. The third-order valence-corrected chi connectivity index (χ3v) is 4.18. The fourth-order valence-electron chi connectivity index (χ4n) is 2.96. The summed E-state index contributed by atoms with van der Waals surface area (Å²) in [6.07, 6.45) is 0. The molecule has 3 aromatic rings. The first-order valence-corrected chi connectivity index (χ1v) is 8.06. The van der Waals surface area contributed by atoms with Gasteiger partial charge in [0.15, 0.2) is 0 Å². The zero-order valence-corrected chi connectivity index (χ0v) is 13.9. The van der Waals surface area contributed by atoms with E-state index < -0.39 is 5.97 Å². The second-order valence-corrected chi connectivity index (χ2v) is 5.81. The highest BCUT2D eigenvalue weighted by atomic mass is 16.4. The van der Waals surface area contributed by atoms with E-state index >= 15 is 0 Å². The fraction of sp³-hybridized carbons (Fsp3) is 0.263. The van der Waals surface area contributed by atoms with Gasteiger partial charge in [0.05, 0.1) is 11.0 Å². The van der Waals surface area contributed by atoms with Crippen molar-refractivity contribution in [3.05, 3.63) is 59.9 Å². The molecule has 0 saturated carbocycles. The Kier molecular flexibility index (Phi) is 4.51. The maximum absolute atomic E-state index is 11.0. The van der Waals surface area contributed by atoms with E-state index in [2.05, 4.69) is 28.9 Å². The van der Waals surface area contributed by atoms with Crippen molar-refractivity contribution >= 4 is 22.7 Å². The van der Waals surface area contributed by atoms with Gasteiger partial charge in [-0.2, -0.15) is 0 Å². The molecule has 1 aromatic heterocycles. The van der Waals surface area contributed by atoms with Crippen LogP contribution in [-0.4, -0.2) is 27.2 Å². The number of nitrogens with zero attached hydrogens (tertiary/aromatic N) is 3. The number of aromatic nitrogens is 2. The van der Waals surface area contributed by atoms with Crippen LogP contribution in [0.2, 0.25) is 0 Å². The molecule has 3 rings (SSSR count). The number of carboxylic acids is 1. The second kappa shape index (κ2) is 6.74. The summed E-state index contributed by atoms with van der Waals surface area (Å²) in [5.74, 6) is -0.142. The molecule has 24 heavy (non-hydrogen) atoms. The first-order valence-electron chi connectivity index (χ1n) is 8.06. The summed E-state index contributed by atoms with van der Waals surface area (Å²) in [5, 5.41) is 9.06. The summed E-state index contributed by atoms with van der Waals surface area (Å²) in [7, 11) is 0. The molecular formula is C19H21N3O2. The molecule has 0 aliphatic carbocycles. The Bertz CT molecular complexity index is 856. The van der Waals surface area contributed by atoms with Gasteiger partial charge in [-0.1, -0.05) is 30.3 Å². The van der Waals surface area contributed by atoms with Gasteiger partial charge >= 0.3 is 5.97 Å². The van der Waals surface area contributed by atoms with Crippen molar-refractivity contribution in [2.24, 2.45) is 0 Å². The number of fused-ring (bicyclic) bond motifs is 1. The molecule has 5 heteroatoms. The molecule has 0 spiro atoms. The number of carboxylic acid groups (broad SMARTS) is 1. The van der Waals surface area contributed by atoms with Gasteiger partial charge in [0.1, 0.15) is 12.4 Å². The summed E-state index contributed by atoms with van der Waals surface area (Å²) < 4.78 is 1.73. The number of hydrogen-bond donors (Lipinski definition) is 1. The van der Waals surface area contributed by atoms with Gasteiger partial charge < -0.3 is 14.6 Å². The molecule has 0 aliphatic heterocycles. The molecule has 5 nitrogen and oxygen atoms in total. The predicted molar refractivity (Wildman–Crippen MR) is 95.3 cm³/mol. The normalized spacial score (nSPS) is 10.9. The number of anilines is 1. The predicted octanol–water partition coefficient (Wildman–Crippen LogP) is 3.46. The van der Waals surface area contributed by atoms with E-state index in [0.29, 0.717) is 0 Å². The van der Waals surface area contributed by atoms with E-state index in [1.165, 1.54) is 5.56 Å². The van der Waals surface area contributed by atoms with E-state index in [-0.39, 0.29) is 6.54 Å². The Labute approximate surface area is 141 Å². The van der Waals surface area contributed by atoms with Crippen LogP contribution in [0.4, 0.5) is 5.69 Å². The SMILES string of the molecule is CCN(Cc1ccccc1)c1ccc2c(c1)nc(C)n2CC(=O)O. The molecule has 1 N–H and O–H groups in total.